The number of rotatable bonds is 7. The van der Waals surface area contributed by atoms with E-state index in [1.807, 2.05) is 24.3 Å². The highest BCUT2D eigenvalue weighted by Gasteiger charge is 2.17. The van der Waals surface area contributed by atoms with Crippen LogP contribution in [0, 0.1) is 0 Å². The molecule has 1 aliphatic heterocycles. The molecule has 0 N–H and O–H groups in total. The summed E-state index contributed by atoms with van der Waals surface area (Å²) < 4.78 is 12.9. The SMILES string of the molecule is C=CCn1c(SCc2csc(-c3ccc4c(c3)OCO4)n2)nnc1C(C)C. The number of allylic oxidation sites excluding steroid dienone is 1. The van der Waals surface area contributed by atoms with Crippen LogP contribution in [-0.4, -0.2) is 26.5 Å². The molecular weight excluding hydrogens is 380 g/mol. The van der Waals surface area contributed by atoms with Gasteiger partial charge in [-0.1, -0.05) is 31.7 Å². The third kappa shape index (κ3) is 3.72. The first-order valence-corrected chi connectivity index (χ1v) is 10.5. The lowest BCUT2D eigenvalue weighted by molar-refractivity contribution is 0.174. The van der Waals surface area contributed by atoms with E-state index in [1.165, 1.54) is 0 Å². The van der Waals surface area contributed by atoms with Crippen molar-refractivity contribution in [1.29, 1.82) is 0 Å². The van der Waals surface area contributed by atoms with Crippen LogP contribution in [0.5, 0.6) is 11.5 Å². The second kappa shape index (κ2) is 7.74. The zero-order valence-corrected chi connectivity index (χ0v) is 16.8. The van der Waals surface area contributed by atoms with Gasteiger partial charge in [0.25, 0.3) is 0 Å². The van der Waals surface area contributed by atoms with E-state index in [1.54, 1.807) is 23.1 Å². The molecule has 0 amide bonds. The van der Waals surface area contributed by atoms with Gasteiger partial charge in [0, 0.05) is 29.2 Å². The van der Waals surface area contributed by atoms with Crippen LogP contribution in [0.25, 0.3) is 10.6 Å². The molecule has 2 aromatic heterocycles. The third-order valence-corrected chi connectivity index (χ3v) is 6.03. The van der Waals surface area contributed by atoms with Gasteiger partial charge in [-0.25, -0.2) is 4.98 Å². The van der Waals surface area contributed by atoms with E-state index < -0.39 is 0 Å². The lowest BCUT2D eigenvalue weighted by atomic mass is 10.2. The van der Waals surface area contributed by atoms with Crippen LogP contribution in [0.2, 0.25) is 0 Å². The fraction of sp³-hybridized carbons (Fsp3) is 0.316. The van der Waals surface area contributed by atoms with Crippen LogP contribution in [0.3, 0.4) is 0 Å². The van der Waals surface area contributed by atoms with E-state index in [2.05, 4.69) is 40.6 Å². The van der Waals surface area contributed by atoms with Crippen molar-refractivity contribution in [2.24, 2.45) is 0 Å². The van der Waals surface area contributed by atoms with Crippen molar-refractivity contribution in [1.82, 2.24) is 19.7 Å². The Labute approximate surface area is 166 Å². The van der Waals surface area contributed by atoms with Gasteiger partial charge in [-0.3, -0.25) is 0 Å². The van der Waals surface area contributed by atoms with E-state index in [0.717, 1.165) is 44.5 Å². The van der Waals surface area contributed by atoms with Crippen LogP contribution in [0.1, 0.15) is 31.3 Å². The van der Waals surface area contributed by atoms with Crippen LogP contribution < -0.4 is 9.47 Å². The molecule has 0 saturated heterocycles. The number of nitrogens with zero attached hydrogens (tertiary/aromatic N) is 4. The summed E-state index contributed by atoms with van der Waals surface area (Å²) >= 11 is 3.28. The Hall–Kier alpha value is -2.32. The quantitative estimate of drug-likeness (QED) is 0.422. The Kier molecular flexibility index (Phi) is 5.18. The maximum Gasteiger partial charge on any atom is 0.231 e. The standard InChI is InChI=1S/C19H20N4O2S2/c1-4-7-23-17(12(2)3)21-22-19(23)27-10-14-9-26-18(20-14)13-5-6-15-16(8-13)25-11-24-15/h4-6,8-9,12H,1,7,10-11H2,2-3H3. The highest BCUT2D eigenvalue weighted by molar-refractivity contribution is 7.98. The molecular formula is C19H20N4O2S2. The molecule has 0 spiro atoms. The predicted octanol–water partition coefficient (Wildman–Crippen LogP) is 4.73. The smallest absolute Gasteiger partial charge is 0.231 e. The first-order chi connectivity index (χ1) is 13.2. The Bertz CT molecular complexity index is 965. The van der Waals surface area contributed by atoms with E-state index in [9.17, 15) is 0 Å². The third-order valence-electron chi connectivity index (χ3n) is 4.09. The first kappa shape index (κ1) is 18.1. The molecule has 3 heterocycles. The van der Waals surface area contributed by atoms with E-state index in [0.29, 0.717) is 12.5 Å². The number of thiazole rings is 1. The fourth-order valence-corrected chi connectivity index (χ4v) is 4.58. The summed E-state index contributed by atoms with van der Waals surface area (Å²) in [6, 6.07) is 5.92. The summed E-state index contributed by atoms with van der Waals surface area (Å²) in [5, 5.41) is 12.6. The summed E-state index contributed by atoms with van der Waals surface area (Å²) in [7, 11) is 0. The molecule has 0 radical (unpaired) electrons. The number of hydrogen-bond acceptors (Lipinski definition) is 7. The highest BCUT2D eigenvalue weighted by atomic mass is 32.2. The minimum Gasteiger partial charge on any atom is -0.454 e. The van der Waals surface area contributed by atoms with Gasteiger partial charge in [0.15, 0.2) is 16.7 Å². The van der Waals surface area contributed by atoms with E-state index in [-0.39, 0.29) is 6.79 Å². The number of hydrogen-bond donors (Lipinski definition) is 0. The molecule has 8 heteroatoms. The zero-order chi connectivity index (χ0) is 18.8. The Morgan fingerprint density at radius 2 is 2.15 bits per heavy atom. The molecule has 0 aliphatic carbocycles. The minimum atomic E-state index is 0.280. The molecule has 27 heavy (non-hydrogen) atoms. The monoisotopic (exact) mass is 400 g/mol. The number of ether oxygens (including phenoxy) is 2. The molecule has 6 nitrogen and oxygen atoms in total. The maximum absolute atomic E-state index is 5.45. The molecule has 0 fully saturated rings. The van der Waals surface area contributed by atoms with Crippen LogP contribution in [-0.2, 0) is 12.3 Å². The van der Waals surface area contributed by atoms with Crippen LogP contribution in [0.4, 0.5) is 0 Å². The van der Waals surface area contributed by atoms with Crippen molar-refractivity contribution in [3.63, 3.8) is 0 Å². The van der Waals surface area contributed by atoms with Crippen molar-refractivity contribution in [2.75, 3.05) is 6.79 Å². The molecule has 1 aliphatic rings. The van der Waals surface area contributed by atoms with Gasteiger partial charge in [0.1, 0.15) is 10.8 Å². The van der Waals surface area contributed by atoms with Gasteiger partial charge in [-0.05, 0) is 18.2 Å². The molecule has 1 aromatic carbocycles. The summed E-state index contributed by atoms with van der Waals surface area (Å²) in [5.41, 5.74) is 2.06. The van der Waals surface area contributed by atoms with Gasteiger partial charge >= 0.3 is 0 Å². The van der Waals surface area contributed by atoms with Crippen molar-refractivity contribution in [3.05, 3.63) is 47.8 Å². The lowest BCUT2D eigenvalue weighted by Crippen LogP contribution is -2.05. The van der Waals surface area contributed by atoms with Gasteiger partial charge in [-0.15, -0.1) is 28.1 Å². The number of benzene rings is 1. The molecule has 0 unspecified atom stereocenters. The summed E-state index contributed by atoms with van der Waals surface area (Å²) in [5.74, 6) is 3.61. The van der Waals surface area contributed by atoms with Gasteiger partial charge in [-0.2, -0.15) is 0 Å². The average molecular weight is 401 g/mol. The molecule has 0 bridgehead atoms. The summed E-state index contributed by atoms with van der Waals surface area (Å²) in [4.78, 5) is 4.76. The van der Waals surface area contributed by atoms with Crippen molar-refractivity contribution >= 4 is 23.1 Å². The number of aromatic nitrogens is 4. The van der Waals surface area contributed by atoms with Gasteiger partial charge in [0.05, 0.1) is 5.69 Å². The summed E-state index contributed by atoms with van der Waals surface area (Å²) in [6.45, 7) is 9.07. The number of thioether (sulfide) groups is 1. The lowest BCUT2D eigenvalue weighted by Gasteiger charge is -2.09. The predicted molar refractivity (Wildman–Crippen MR) is 108 cm³/mol. The topological polar surface area (TPSA) is 62.1 Å². The van der Waals surface area contributed by atoms with E-state index >= 15 is 0 Å². The Balaban J connectivity index is 1.48. The van der Waals surface area contributed by atoms with E-state index in [4.69, 9.17) is 14.5 Å². The summed E-state index contributed by atoms with van der Waals surface area (Å²) in [6.07, 6.45) is 1.87. The normalized spacial score (nSPS) is 12.7. The average Bonchev–Trinajstić information content (AvgIpc) is 3.39. The van der Waals surface area contributed by atoms with Gasteiger partial charge < -0.3 is 14.0 Å². The highest BCUT2D eigenvalue weighted by Crippen LogP contribution is 2.37. The second-order valence-corrected chi connectivity index (χ2v) is 8.20. The zero-order valence-electron chi connectivity index (χ0n) is 15.2. The van der Waals surface area contributed by atoms with Gasteiger partial charge in [0.2, 0.25) is 6.79 Å². The van der Waals surface area contributed by atoms with Crippen molar-refractivity contribution in [2.45, 2.75) is 37.2 Å². The largest absolute Gasteiger partial charge is 0.454 e. The molecule has 3 aromatic rings. The molecule has 0 atom stereocenters. The molecule has 140 valence electrons. The first-order valence-electron chi connectivity index (χ1n) is 8.67. The fourth-order valence-electron chi connectivity index (χ4n) is 2.81. The maximum atomic E-state index is 5.45. The second-order valence-electron chi connectivity index (χ2n) is 6.40. The van der Waals surface area contributed by atoms with Crippen molar-refractivity contribution < 1.29 is 9.47 Å². The number of fused-ring (bicyclic) bond motifs is 1. The van der Waals surface area contributed by atoms with Crippen LogP contribution in [0.15, 0.2) is 41.4 Å². The minimum absolute atomic E-state index is 0.280. The van der Waals surface area contributed by atoms with Crippen LogP contribution >= 0.6 is 23.1 Å². The molecule has 0 saturated carbocycles. The van der Waals surface area contributed by atoms with Crippen molar-refractivity contribution in [3.8, 4) is 22.1 Å². The Morgan fingerprint density at radius 1 is 1.30 bits per heavy atom. The molecule has 4 rings (SSSR count). The Morgan fingerprint density at radius 3 is 2.96 bits per heavy atom.